The molecular weight excluding hydrogens is 452 g/mol. The molecule has 0 fully saturated rings. The van der Waals surface area contributed by atoms with Gasteiger partial charge >= 0.3 is 0 Å². The minimum Gasteiger partial charge on any atom is -0.497 e. The van der Waals surface area contributed by atoms with Crippen molar-refractivity contribution < 1.29 is 19.1 Å². The van der Waals surface area contributed by atoms with Crippen LogP contribution in [0.3, 0.4) is 0 Å². The van der Waals surface area contributed by atoms with E-state index in [1.54, 1.807) is 7.11 Å². The van der Waals surface area contributed by atoms with Crippen LogP contribution in [0.25, 0.3) is 0 Å². The largest absolute Gasteiger partial charge is 0.497 e. The minimum absolute atomic E-state index is 0.0120. The van der Waals surface area contributed by atoms with Crippen molar-refractivity contribution in [2.75, 3.05) is 33.4 Å². The Morgan fingerprint density at radius 2 is 1.72 bits per heavy atom. The van der Waals surface area contributed by atoms with E-state index < -0.39 is 0 Å². The smallest absolute Gasteiger partial charge is 0.257 e. The summed E-state index contributed by atoms with van der Waals surface area (Å²) in [7, 11) is 1.64. The van der Waals surface area contributed by atoms with Gasteiger partial charge in [0.1, 0.15) is 18.1 Å². The molecule has 0 aliphatic carbocycles. The van der Waals surface area contributed by atoms with Crippen LogP contribution in [0.15, 0.2) is 48.5 Å². The zero-order valence-electron chi connectivity index (χ0n) is 22.4. The van der Waals surface area contributed by atoms with Gasteiger partial charge in [0, 0.05) is 19.6 Å². The number of fused-ring (bicyclic) bond motifs is 1. The fourth-order valence-corrected chi connectivity index (χ4v) is 4.83. The Morgan fingerprint density at radius 3 is 2.39 bits per heavy atom. The van der Waals surface area contributed by atoms with Gasteiger partial charge in [0.25, 0.3) is 5.91 Å². The van der Waals surface area contributed by atoms with Gasteiger partial charge in [-0.1, -0.05) is 51.0 Å². The Kier molecular flexibility index (Phi) is 10.6. The fraction of sp³-hybridized carbons (Fsp3) is 0.533. The van der Waals surface area contributed by atoms with Crippen LogP contribution in [0, 0.1) is 5.92 Å². The van der Waals surface area contributed by atoms with Gasteiger partial charge in [-0.3, -0.25) is 9.59 Å². The molecule has 0 radical (unpaired) electrons. The number of rotatable bonds is 6. The standard InChI is InChI=1S/C30H42N2O4/c1-5-31-18-10-6-7-11-19-32(29(33)21-24-14-16-26(35-4)17-15-24)25(20-23(2)3)22-36-28-13-9-8-12-27(28)30(31)34/h8-9,12-17,23,25H,5-7,10-11,18-22H2,1-4H3/t25-/m0/s1. The van der Waals surface area contributed by atoms with E-state index >= 15 is 0 Å². The average Bonchev–Trinajstić information content (AvgIpc) is 2.88. The maximum Gasteiger partial charge on any atom is 0.257 e. The Labute approximate surface area is 216 Å². The molecule has 2 aromatic carbocycles. The summed E-state index contributed by atoms with van der Waals surface area (Å²) < 4.78 is 11.6. The third-order valence-corrected chi connectivity index (χ3v) is 6.81. The number of hydrogen-bond donors (Lipinski definition) is 0. The first-order valence-corrected chi connectivity index (χ1v) is 13.4. The second-order valence-corrected chi connectivity index (χ2v) is 10.0. The van der Waals surface area contributed by atoms with Crippen molar-refractivity contribution in [3.63, 3.8) is 0 Å². The normalized spacial score (nSPS) is 17.8. The Morgan fingerprint density at radius 1 is 1.03 bits per heavy atom. The third kappa shape index (κ3) is 7.74. The summed E-state index contributed by atoms with van der Waals surface area (Å²) in [6.07, 6.45) is 5.16. The molecule has 1 atom stereocenters. The van der Waals surface area contributed by atoms with Crippen LogP contribution >= 0.6 is 0 Å². The second-order valence-electron chi connectivity index (χ2n) is 10.0. The highest BCUT2D eigenvalue weighted by atomic mass is 16.5. The van der Waals surface area contributed by atoms with Gasteiger partial charge < -0.3 is 19.3 Å². The molecule has 0 N–H and O–H groups in total. The van der Waals surface area contributed by atoms with Crippen molar-refractivity contribution in [3.8, 4) is 11.5 Å². The van der Waals surface area contributed by atoms with Crippen LogP contribution in [0.5, 0.6) is 11.5 Å². The summed E-state index contributed by atoms with van der Waals surface area (Å²) in [5.41, 5.74) is 1.57. The Balaban J connectivity index is 1.86. The number of carbonyl (C=O) groups is 2. The average molecular weight is 495 g/mol. The molecule has 1 aliphatic heterocycles. The molecule has 0 unspecified atom stereocenters. The van der Waals surface area contributed by atoms with Crippen molar-refractivity contribution in [1.82, 2.24) is 9.80 Å². The lowest BCUT2D eigenvalue weighted by Gasteiger charge is -2.34. The van der Waals surface area contributed by atoms with Crippen molar-refractivity contribution in [2.45, 2.75) is 65.3 Å². The van der Waals surface area contributed by atoms with Gasteiger partial charge in [0.05, 0.1) is 25.1 Å². The number of hydrogen-bond acceptors (Lipinski definition) is 4. The molecule has 0 saturated carbocycles. The predicted octanol–water partition coefficient (Wildman–Crippen LogP) is 5.60. The van der Waals surface area contributed by atoms with E-state index in [0.29, 0.717) is 43.3 Å². The van der Waals surface area contributed by atoms with E-state index in [1.165, 1.54) is 0 Å². The molecule has 36 heavy (non-hydrogen) atoms. The molecule has 1 aliphatic rings. The number of carbonyl (C=O) groups excluding carboxylic acids is 2. The van der Waals surface area contributed by atoms with Crippen LogP contribution in [-0.2, 0) is 11.2 Å². The number of para-hydroxylation sites is 1. The maximum atomic E-state index is 13.6. The molecule has 2 amide bonds. The molecule has 3 rings (SSSR count). The fourth-order valence-electron chi connectivity index (χ4n) is 4.83. The van der Waals surface area contributed by atoms with Crippen molar-refractivity contribution in [2.24, 2.45) is 5.92 Å². The van der Waals surface area contributed by atoms with E-state index in [9.17, 15) is 9.59 Å². The summed E-state index contributed by atoms with van der Waals surface area (Å²) in [5, 5.41) is 0. The molecule has 0 bridgehead atoms. The van der Waals surface area contributed by atoms with E-state index in [1.807, 2.05) is 65.3 Å². The van der Waals surface area contributed by atoms with Gasteiger partial charge in [-0.25, -0.2) is 0 Å². The maximum absolute atomic E-state index is 13.6. The molecule has 0 spiro atoms. The molecule has 196 valence electrons. The van der Waals surface area contributed by atoms with Gasteiger partial charge in [-0.05, 0) is 61.9 Å². The van der Waals surface area contributed by atoms with Gasteiger partial charge in [-0.15, -0.1) is 0 Å². The first-order chi connectivity index (χ1) is 17.4. The highest BCUT2D eigenvalue weighted by Crippen LogP contribution is 2.24. The summed E-state index contributed by atoms with van der Waals surface area (Å²) in [6, 6.07) is 15.1. The number of nitrogens with zero attached hydrogens (tertiary/aromatic N) is 2. The number of amides is 2. The third-order valence-electron chi connectivity index (χ3n) is 6.81. The van der Waals surface area contributed by atoms with Crippen LogP contribution in [0.2, 0.25) is 0 Å². The van der Waals surface area contributed by atoms with Crippen molar-refractivity contribution in [3.05, 3.63) is 59.7 Å². The minimum atomic E-state index is -0.0656. The van der Waals surface area contributed by atoms with Crippen molar-refractivity contribution in [1.29, 1.82) is 0 Å². The molecule has 0 saturated heterocycles. The molecule has 2 aromatic rings. The Hall–Kier alpha value is -3.02. The summed E-state index contributed by atoms with van der Waals surface area (Å²) in [6.45, 7) is 8.87. The Bertz CT molecular complexity index is 973. The lowest BCUT2D eigenvalue weighted by atomic mass is 10.0. The van der Waals surface area contributed by atoms with E-state index in [4.69, 9.17) is 9.47 Å². The van der Waals surface area contributed by atoms with E-state index in [-0.39, 0.29) is 17.9 Å². The number of ether oxygens (including phenoxy) is 2. The van der Waals surface area contributed by atoms with Crippen LogP contribution in [0.1, 0.15) is 68.8 Å². The lowest BCUT2D eigenvalue weighted by molar-refractivity contribution is -0.134. The van der Waals surface area contributed by atoms with Crippen LogP contribution < -0.4 is 9.47 Å². The zero-order chi connectivity index (χ0) is 25.9. The molecule has 1 heterocycles. The monoisotopic (exact) mass is 494 g/mol. The van der Waals surface area contributed by atoms with Gasteiger partial charge in [-0.2, -0.15) is 0 Å². The summed E-state index contributed by atoms with van der Waals surface area (Å²) >= 11 is 0. The molecule has 6 nitrogen and oxygen atoms in total. The van der Waals surface area contributed by atoms with E-state index in [0.717, 1.165) is 50.0 Å². The highest BCUT2D eigenvalue weighted by Gasteiger charge is 2.27. The number of benzene rings is 2. The number of methoxy groups -OCH3 is 1. The first-order valence-electron chi connectivity index (χ1n) is 13.4. The topological polar surface area (TPSA) is 59.1 Å². The quantitative estimate of drug-likeness (QED) is 0.525. The predicted molar refractivity (Wildman–Crippen MR) is 144 cm³/mol. The highest BCUT2D eigenvalue weighted by molar-refractivity contribution is 5.97. The van der Waals surface area contributed by atoms with Gasteiger partial charge in [0.15, 0.2) is 0 Å². The summed E-state index contributed by atoms with van der Waals surface area (Å²) in [5.74, 6) is 1.90. The second kappa shape index (κ2) is 13.9. The van der Waals surface area contributed by atoms with E-state index in [2.05, 4.69) is 13.8 Å². The van der Waals surface area contributed by atoms with Gasteiger partial charge in [0.2, 0.25) is 5.91 Å². The zero-order valence-corrected chi connectivity index (χ0v) is 22.4. The molecule has 0 aromatic heterocycles. The molecular formula is C30H42N2O4. The first kappa shape index (κ1) is 27.6. The molecule has 6 heteroatoms. The summed E-state index contributed by atoms with van der Waals surface area (Å²) in [4.78, 5) is 30.8. The lowest BCUT2D eigenvalue weighted by Crippen LogP contribution is -2.46. The SMILES string of the molecule is CCN1CCCCCCN(C(=O)Cc2ccc(OC)cc2)[C@@H](CC(C)C)COc2ccccc2C1=O. The van der Waals surface area contributed by atoms with Crippen molar-refractivity contribution >= 4 is 11.8 Å². The van der Waals surface area contributed by atoms with Crippen LogP contribution in [-0.4, -0.2) is 61.0 Å². The van der Waals surface area contributed by atoms with Crippen LogP contribution in [0.4, 0.5) is 0 Å².